The van der Waals surface area contributed by atoms with Crippen LogP contribution in [-0.4, -0.2) is 30.0 Å². The largest absolute Gasteiger partial charge is 0.334 e. The van der Waals surface area contributed by atoms with Crippen LogP contribution in [0.2, 0.25) is 0 Å². The van der Waals surface area contributed by atoms with Crippen molar-refractivity contribution in [1.29, 1.82) is 0 Å². The summed E-state index contributed by atoms with van der Waals surface area (Å²) in [5.41, 5.74) is 2.95. The fraction of sp³-hybridized carbons (Fsp3) is 0.174. The number of nitrogens with zero attached hydrogens (tertiary/aromatic N) is 3. The molecule has 1 aliphatic heterocycles. The van der Waals surface area contributed by atoms with E-state index in [4.69, 9.17) is 0 Å². The van der Waals surface area contributed by atoms with Crippen LogP contribution in [0.15, 0.2) is 72.8 Å². The topological polar surface area (TPSA) is 77.6 Å². The van der Waals surface area contributed by atoms with E-state index in [1.807, 2.05) is 66.7 Å². The zero-order chi connectivity index (χ0) is 21.1. The summed E-state index contributed by atoms with van der Waals surface area (Å²) in [5, 5.41) is 5.74. The van der Waals surface area contributed by atoms with Gasteiger partial charge in [-0.15, -0.1) is 12.4 Å². The second-order valence-corrected chi connectivity index (χ2v) is 7.04. The van der Waals surface area contributed by atoms with Crippen LogP contribution in [0.3, 0.4) is 0 Å². The Hall–Kier alpha value is -3.42. The van der Waals surface area contributed by atoms with Gasteiger partial charge in [-0.3, -0.25) is 14.6 Å². The Balaban J connectivity index is 0.00000272. The molecule has 4 rings (SSSR count). The molecule has 160 valence electrons. The average Bonchev–Trinajstić information content (AvgIpc) is 2.79. The molecule has 2 N–H and O–H groups in total. The molecule has 31 heavy (non-hydrogen) atoms. The van der Waals surface area contributed by atoms with E-state index in [0.717, 1.165) is 11.4 Å². The Labute approximate surface area is 187 Å². The van der Waals surface area contributed by atoms with Crippen molar-refractivity contribution < 1.29 is 9.59 Å². The van der Waals surface area contributed by atoms with Crippen molar-refractivity contribution >= 4 is 47.2 Å². The highest BCUT2D eigenvalue weighted by Crippen LogP contribution is 2.36. The first kappa shape index (κ1) is 22.3. The van der Waals surface area contributed by atoms with Crippen molar-refractivity contribution in [3.8, 4) is 0 Å². The Morgan fingerprint density at radius 1 is 0.968 bits per heavy atom. The van der Waals surface area contributed by atoms with Crippen molar-refractivity contribution in [3.05, 3.63) is 78.5 Å². The lowest BCUT2D eigenvalue weighted by Crippen LogP contribution is -2.45. The molecule has 0 saturated heterocycles. The fourth-order valence-corrected chi connectivity index (χ4v) is 3.33. The number of amides is 3. The van der Waals surface area contributed by atoms with Crippen molar-refractivity contribution in [3.63, 3.8) is 0 Å². The van der Waals surface area contributed by atoms with Gasteiger partial charge >= 0.3 is 6.03 Å². The number of rotatable bonds is 5. The normalized spacial score (nSPS) is 13.8. The Kier molecular flexibility index (Phi) is 6.89. The van der Waals surface area contributed by atoms with E-state index in [2.05, 4.69) is 15.6 Å². The second-order valence-electron chi connectivity index (χ2n) is 7.04. The number of anilines is 4. The minimum atomic E-state index is -0.342. The van der Waals surface area contributed by atoms with Crippen LogP contribution in [0.4, 0.5) is 27.7 Å². The molecule has 0 saturated carbocycles. The number of urea groups is 1. The summed E-state index contributed by atoms with van der Waals surface area (Å²) in [7, 11) is 1.73. The number of pyridine rings is 1. The van der Waals surface area contributed by atoms with E-state index >= 15 is 0 Å². The summed E-state index contributed by atoms with van der Waals surface area (Å²) in [6.45, 7) is 2.09. The molecule has 3 amide bonds. The minimum absolute atomic E-state index is 0. The molecule has 7 nitrogen and oxygen atoms in total. The van der Waals surface area contributed by atoms with E-state index in [1.165, 1.54) is 0 Å². The summed E-state index contributed by atoms with van der Waals surface area (Å²) >= 11 is 0. The molecule has 2 aromatic carbocycles. The molecular formula is C23H24ClN5O2. The first-order chi connectivity index (χ1) is 14.6. The smallest absolute Gasteiger partial charge is 0.309 e. The van der Waals surface area contributed by atoms with Gasteiger partial charge in [-0.25, -0.2) is 9.78 Å². The maximum atomic E-state index is 13.4. The van der Waals surface area contributed by atoms with Gasteiger partial charge in [0, 0.05) is 5.69 Å². The van der Waals surface area contributed by atoms with Gasteiger partial charge in [0.15, 0.2) is 0 Å². The number of carbonyl (C=O) groups excluding carboxylic acids is 2. The molecular weight excluding hydrogens is 414 g/mol. The second kappa shape index (κ2) is 9.59. The van der Waals surface area contributed by atoms with Gasteiger partial charge in [-0.05, 0) is 50.4 Å². The maximum absolute atomic E-state index is 13.4. The molecule has 0 spiro atoms. The monoisotopic (exact) mass is 437 g/mol. The van der Waals surface area contributed by atoms with E-state index in [-0.39, 0.29) is 30.4 Å². The standard InChI is InChI=1S/C23H23N5O2.ClH/c1-16(24-2)22(29)26-21-14-13-20-19(25-21)15-27(17-9-5-3-6-10-17)23(30)28(20)18-11-7-4-8-12-18;/h3-14,16,24H,15H2,1-2H3,(H,25,26,29);1H/t16-;/m0./s1. The molecule has 1 atom stereocenters. The number of fused-ring (bicyclic) bond motifs is 1. The number of hydrogen-bond acceptors (Lipinski definition) is 4. The molecule has 0 fully saturated rings. The Bertz CT molecular complexity index is 1060. The predicted molar refractivity (Wildman–Crippen MR) is 125 cm³/mol. The third-order valence-electron chi connectivity index (χ3n) is 5.08. The summed E-state index contributed by atoms with van der Waals surface area (Å²) in [5.74, 6) is 0.285. The van der Waals surface area contributed by atoms with Crippen LogP contribution in [0.5, 0.6) is 0 Å². The zero-order valence-corrected chi connectivity index (χ0v) is 18.1. The number of carbonyl (C=O) groups is 2. The van der Waals surface area contributed by atoms with Gasteiger partial charge in [-0.2, -0.15) is 0 Å². The van der Waals surface area contributed by atoms with Crippen LogP contribution < -0.4 is 20.4 Å². The summed E-state index contributed by atoms with van der Waals surface area (Å²) in [4.78, 5) is 33.7. The Morgan fingerprint density at radius 2 is 1.58 bits per heavy atom. The van der Waals surface area contributed by atoms with E-state index in [0.29, 0.717) is 23.7 Å². The van der Waals surface area contributed by atoms with Crippen LogP contribution in [0, 0.1) is 0 Å². The van der Waals surface area contributed by atoms with Crippen molar-refractivity contribution in [2.75, 3.05) is 22.2 Å². The lowest BCUT2D eigenvalue weighted by molar-refractivity contribution is -0.117. The molecule has 3 aromatic rings. The molecule has 8 heteroatoms. The third kappa shape index (κ3) is 4.52. The van der Waals surface area contributed by atoms with Crippen molar-refractivity contribution in [2.45, 2.75) is 19.5 Å². The van der Waals surface area contributed by atoms with Gasteiger partial charge in [0.25, 0.3) is 0 Å². The van der Waals surface area contributed by atoms with Crippen LogP contribution >= 0.6 is 12.4 Å². The minimum Gasteiger partial charge on any atom is -0.309 e. The summed E-state index contributed by atoms with van der Waals surface area (Å²) < 4.78 is 0. The first-order valence-electron chi connectivity index (χ1n) is 9.78. The highest BCUT2D eigenvalue weighted by Gasteiger charge is 2.33. The lowest BCUT2D eigenvalue weighted by Gasteiger charge is -2.36. The molecule has 0 unspecified atom stereocenters. The third-order valence-corrected chi connectivity index (χ3v) is 5.08. The number of benzene rings is 2. The van der Waals surface area contributed by atoms with Gasteiger partial charge in [-0.1, -0.05) is 36.4 Å². The van der Waals surface area contributed by atoms with E-state index in [1.54, 1.807) is 29.8 Å². The van der Waals surface area contributed by atoms with Gasteiger partial charge in [0.05, 0.1) is 29.7 Å². The number of likely N-dealkylation sites (N-methyl/N-ethyl adjacent to an activating group) is 1. The van der Waals surface area contributed by atoms with E-state index in [9.17, 15) is 9.59 Å². The molecule has 1 aromatic heterocycles. The quantitative estimate of drug-likeness (QED) is 0.622. The van der Waals surface area contributed by atoms with Gasteiger partial charge in [0.1, 0.15) is 5.82 Å². The highest BCUT2D eigenvalue weighted by atomic mass is 35.5. The number of nitrogens with one attached hydrogen (secondary N) is 2. The summed E-state index contributed by atoms with van der Waals surface area (Å²) in [6.07, 6.45) is 0. The van der Waals surface area contributed by atoms with Crippen LogP contribution in [0.1, 0.15) is 12.6 Å². The predicted octanol–water partition coefficient (Wildman–Crippen LogP) is 4.33. The molecule has 1 aliphatic rings. The molecule has 0 radical (unpaired) electrons. The van der Waals surface area contributed by atoms with Gasteiger partial charge < -0.3 is 10.6 Å². The number of para-hydroxylation sites is 2. The van der Waals surface area contributed by atoms with E-state index < -0.39 is 0 Å². The van der Waals surface area contributed by atoms with Crippen molar-refractivity contribution in [2.24, 2.45) is 0 Å². The molecule has 2 heterocycles. The lowest BCUT2D eigenvalue weighted by atomic mass is 10.1. The zero-order valence-electron chi connectivity index (χ0n) is 17.3. The fourth-order valence-electron chi connectivity index (χ4n) is 3.33. The van der Waals surface area contributed by atoms with Crippen LogP contribution in [0.25, 0.3) is 0 Å². The van der Waals surface area contributed by atoms with Crippen LogP contribution in [-0.2, 0) is 11.3 Å². The number of halogens is 1. The van der Waals surface area contributed by atoms with Crippen molar-refractivity contribution in [1.82, 2.24) is 10.3 Å². The molecule has 0 bridgehead atoms. The average molecular weight is 438 g/mol. The summed E-state index contributed by atoms with van der Waals surface area (Å²) in [6, 6.07) is 22.0. The number of aromatic nitrogens is 1. The maximum Gasteiger partial charge on any atom is 0.334 e. The highest BCUT2D eigenvalue weighted by molar-refractivity contribution is 6.10. The first-order valence-corrected chi connectivity index (χ1v) is 9.78. The SMILES string of the molecule is CN[C@@H](C)C(=O)Nc1ccc2c(n1)CN(c1ccccc1)C(=O)N2c1ccccc1.Cl. The number of hydrogen-bond donors (Lipinski definition) is 2. The van der Waals surface area contributed by atoms with Gasteiger partial charge in [0.2, 0.25) is 5.91 Å². The Morgan fingerprint density at radius 3 is 2.19 bits per heavy atom. The molecule has 0 aliphatic carbocycles.